The fraction of sp³-hybridized carbons (Fsp3) is 0.500. The van der Waals surface area contributed by atoms with Gasteiger partial charge in [-0.05, 0) is 80.5 Å². The number of fused-ring (bicyclic) bond motifs is 3. The number of carbonyl (C=O) groups is 3. The summed E-state index contributed by atoms with van der Waals surface area (Å²) >= 11 is 0. The van der Waals surface area contributed by atoms with Crippen LogP contribution >= 0.6 is 0 Å². The van der Waals surface area contributed by atoms with E-state index in [4.69, 9.17) is 0 Å². The number of halogens is 2. The molecule has 2 aliphatic carbocycles. The van der Waals surface area contributed by atoms with E-state index in [1.54, 1.807) is 6.92 Å². The van der Waals surface area contributed by atoms with Crippen molar-refractivity contribution < 1.29 is 23.2 Å². The number of imide groups is 1. The Balaban J connectivity index is 0.769. The Morgan fingerprint density at radius 1 is 0.962 bits per heavy atom. The third kappa shape index (κ3) is 5.35. The lowest BCUT2D eigenvalue weighted by Gasteiger charge is -2.39. The summed E-state index contributed by atoms with van der Waals surface area (Å²) < 4.78 is 29.0. The number of piperidine rings is 2. The summed E-state index contributed by atoms with van der Waals surface area (Å²) in [5.74, 6) is -3.06. The Labute approximate surface area is 301 Å². The van der Waals surface area contributed by atoms with Crippen LogP contribution < -0.4 is 10.2 Å². The number of H-pyrrole nitrogens is 2. The second-order valence-corrected chi connectivity index (χ2v) is 16.3. The van der Waals surface area contributed by atoms with Gasteiger partial charge in [0.05, 0.1) is 11.1 Å². The summed E-state index contributed by atoms with van der Waals surface area (Å²) in [4.78, 5) is 48.1. The van der Waals surface area contributed by atoms with Crippen molar-refractivity contribution in [3.05, 3.63) is 70.9 Å². The molecule has 3 amide bonds. The lowest BCUT2D eigenvalue weighted by molar-refractivity contribution is -0.137. The van der Waals surface area contributed by atoms with Gasteiger partial charge in [0.1, 0.15) is 5.69 Å². The van der Waals surface area contributed by atoms with Gasteiger partial charge in [0, 0.05) is 103 Å². The number of nitrogens with zero attached hydrogens (tertiary/aromatic N) is 4. The molecule has 0 radical (unpaired) electrons. The first-order valence-electron chi connectivity index (χ1n) is 18.7. The Morgan fingerprint density at radius 2 is 1.71 bits per heavy atom. The minimum atomic E-state index is -2.64. The molecule has 2 aromatic heterocycles. The number of piperazine rings is 1. The van der Waals surface area contributed by atoms with Gasteiger partial charge in [-0.25, -0.2) is 8.78 Å². The maximum absolute atomic E-state index is 14.5. The monoisotopic (exact) mass is 709 g/mol. The molecule has 272 valence electrons. The maximum atomic E-state index is 14.5. The zero-order valence-corrected chi connectivity index (χ0v) is 29.7. The molecule has 4 aromatic rings. The van der Waals surface area contributed by atoms with Gasteiger partial charge in [-0.3, -0.25) is 29.7 Å². The number of hydrogen-bond acceptors (Lipinski definition) is 6. The molecular weight excluding hydrogens is 664 g/mol. The first kappa shape index (κ1) is 33.3. The molecule has 3 atom stereocenters. The van der Waals surface area contributed by atoms with E-state index < -0.39 is 22.7 Å². The van der Waals surface area contributed by atoms with Crippen molar-refractivity contribution >= 4 is 34.3 Å². The number of rotatable bonds is 6. The molecule has 5 heterocycles. The minimum absolute atomic E-state index is 0.0302. The number of aromatic nitrogens is 3. The van der Waals surface area contributed by atoms with Gasteiger partial charge in [-0.1, -0.05) is 19.1 Å². The van der Waals surface area contributed by atoms with Gasteiger partial charge in [0.2, 0.25) is 11.8 Å². The van der Waals surface area contributed by atoms with Crippen LogP contribution in [-0.4, -0.2) is 94.4 Å². The van der Waals surface area contributed by atoms with Crippen molar-refractivity contribution in [2.24, 2.45) is 17.3 Å². The second-order valence-electron chi connectivity index (χ2n) is 16.3. The van der Waals surface area contributed by atoms with E-state index in [9.17, 15) is 23.2 Å². The smallest absolute Gasteiger partial charge is 0.258 e. The summed E-state index contributed by atoms with van der Waals surface area (Å²) in [5, 5.41) is 10.9. The highest BCUT2D eigenvalue weighted by atomic mass is 19.3. The van der Waals surface area contributed by atoms with Crippen molar-refractivity contribution in [1.82, 2.24) is 30.3 Å². The van der Waals surface area contributed by atoms with Crippen molar-refractivity contribution in [2.75, 3.05) is 50.7 Å². The molecule has 2 aromatic carbocycles. The summed E-state index contributed by atoms with van der Waals surface area (Å²) in [6, 6.07) is 16.0. The third-order valence-corrected chi connectivity index (χ3v) is 13.2. The van der Waals surface area contributed by atoms with Crippen LogP contribution in [0.2, 0.25) is 0 Å². The van der Waals surface area contributed by atoms with Gasteiger partial charge >= 0.3 is 0 Å². The molecular formula is C40H45F2N7O3. The molecule has 52 heavy (non-hydrogen) atoms. The largest absolute Gasteiger partial charge is 0.372 e. The van der Waals surface area contributed by atoms with Crippen LogP contribution in [0.1, 0.15) is 66.7 Å². The highest BCUT2D eigenvalue weighted by Crippen LogP contribution is 2.70. The molecule has 1 saturated carbocycles. The first-order valence-corrected chi connectivity index (χ1v) is 18.7. The highest BCUT2D eigenvalue weighted by Gasteiger charge is 2.78. The molecule has 10 nitrogen and oxygen atoms in total. The topological polar surface area (TPSA) is 117 Å². The molecule has 12 heteroatoms. The fourth-order valence-electron chi connectivity index (χ4n) is 9.40. The van der Waals surface area contributed by atoms with Crippen LogP contribution in [0.15, 0.2) is 48.5 Å². The van der Waals surface area contributed by atoms with Crippen LogP contribution in [0, 0.1) is 17.3 Å². The molecule has 4 fully saturated rings. The fourth-order valence-corrected chi connectivity index (χ4v) is 9.40. The van der Waals surface area contributed by atoms with Crippen molar-refractivity contribution in [3.8, 4) is 11.4 Å². The first-order chi connectivity index (χ1) is 24.9. The van der Waals surface area contributed by atoms with E-state index >= 15 is 0 Å². The predicted molar refractivity (Wildman–Crippen MR) is 193 cm³/mol. The van der Waals surface area contributed by atoms with Crippen LogP contribution in [-0.2, 0) is 27.8 Å². The Bertz CT molecular complexity index is 2080. The molecule has 5 aliphatic rings. The van der Waals surface area contributed by atoms with Gasteiger partial charge < -0.3 is 14.8 Å². The van der Waals surface area contributed by atoms with E-state index in [-0.39, 0.29) is 17.7 Å². The number of carbonyl (C=O) groups excluding carboxylic acids is 3. The Kier molecular flexibility index (Phi) is 7.66. The van der Waals surface area contributed by atoms with Crippen LogP contribution in [0.3, 0.4) is 0 Å². The Hall–Kier alpha value is -4.58. The predicted octanol–water partition coefficient (Wildman–Crippen LogP) is 5.30. The Morgan fingerprint density at radius 3 is 2.44 bits per heavy atom. The lowest BCUT2D eigenvalue weighted by atomic mass is 9.75. The van der Waals surface area contributed by atoms with E-state index in [0.29, 0.717) is 55.9 Å². The van der Waals surface area contributed by atoms with E-state index in [1.165, 1.54) is 0 Å². The zero-order valence-electron chi connectivity index (χ0n) is 29.7. The number of nitrogens with one attached hydrogen (secondary N) is 3. The van der Waals surface area contributed by atoms with E-state index in [1.807, 2.05) is 48.2 Å². The summed E-state index contributed by atoms with van der Waals surface area (Å²) in [6.45, 7) is 9.67. The summed E-state index contributed by atoms with van der Waals surface area (Å²) in [5.41, 5.74) is 5.14. The van der Waals surface area contributed by atoms with E-state index in [0.717, 1.165) is 84.7 Å². The van der Waals surface area contributed by atoms with Crippen molar-refractivity contribution in [3.63, 3.8) is 0 Å². The SMILES string of the molecule is C[C@]1(c2ccc(N3CCC(CN4CCN(C(=O)c5ccc6[nH]c(-c7n[nH]c8c7C[C@@H]7C(F)(F)[C@]7(C)C8)cc6c5)CC4)CC3)cc2)CCC(=O)NC1=O. The number of benzene rings is 2. The van der Waals surface area contributed by atoms with Crippen molar-refractivity contribution in [1.29, 1.82) is 0 Å². The number of amides is 3. The normalized spacial score (nSPS) is 27.7. The molecule has 0 spiro atoms. The van der Waals surface area contributed by atoms with Gasteiger partial charge in [0.25, 0.3) is 11.8 Å². The average Bonchev–Trinajstić information content (AvgIpc) is 3.53. The number of hydrogen-bond donors (Lipinski definition) is 3. The molecule has 3 N–H and O–H groups in total. The van der Waals surface area contributed by atoms with Gasteiger partial charge in [-0.15, -0.1) is 0 Å². The second kappa shape index (κ2) is 12.0. The molecule has 0 unspecified atom stereocenters. The van der Waals surface area contributed by atoms with Crippen LogP contribution in [0.25, 0.3) is 22.3 Å². The van der Waals surface area contributed by atoms with Crippen molar-refractivity contribution in [2.45, 2.75) is 63.7 Å². The quantitative estimate of drug-likeness (QED) is 0.234. The molecule has 3 aliphatic heterocycles. The van der Waals surface area contributed by atoms with E-state index in [2.05, 4.69) is 42.4 Å². The summed E-state index contributed by atoms with van der Waals surface area (Å²) in [6.07, 6.45) is 3.73. The molecule has 0 bridgehead atoms. The molecule has 3 saturated heterocycles. The van der Waals surface area contributed by atoms with Crippen LogP contribution in [0.4, 0.5) is 14.5 Å². The molecule has 9 rings (SSSR count). The van der Waals surface area contributed by atoms with Gasteiger partial charge in [0.15, 0.2) is 0 Å². The minimum Gasteiger partial charge on any atom is -0.372 e. The van der Waals surface area contributed by atoms with Crippen LogP contribution in [0.5, 0.6) is 0 Å². The standard InChI is InChI=1S/C40H45F2N7O3/c1-38(12-9-34(50)44-37(38)52)27-4-6-28(7-5-27)48-13-10-24(11-14-48)23-47-15-17-49(18-16-47)36(51)25-3-8-30-26(19-25)20-31(43-30)35-29-21-33-39(2,40(33,41)42)22-32(29)45-46-35/h3-8,19-20,24,33,43H,9-18,21-23H2,1-2H3,(H,45,46)(H,44,50,52)/t33-,38+,39+/m0/s1. The maximum Gasteiger partial charge on any atom is 0.258 e. The number of alkyl halides is 2. The lowest BCUT2D eigenvalue weighted by Crippen LogP contribution is -2.50. The average molecular weight is 710 g/mol. The zero-order chi connectivity index (χ0) is 36.0. The third-order valence-electron chi connectivity index (χ3n) is 13.2. The van der Waals surface area contributed by atoms with Gasteiger partial charge in [-0.2, -0.15) is 5.10 Å². The number of aromatic amines is 2. The number of anilines is 1. The summed E-state index contributed by atoms with van der Waals surface area (Å²) in [7, 11) is 0. The highest BCUT2D eigenvalue weighted by molar-refractivity contribution is 6.03.